The van der Waals surface area contributed by atoms with E-state index in [0.717, 1.165) is 12.4 Å². The summed E-state index contributed by atoms with van der Waals surface area (Å²) in [6.07, 6.45) is 2.24. The highest BCUT2D eigenvalue weighted by Crippen LogP contribution is 2.06. The number of aromatic nitrogens is 3. The Morgan fingerprint density at radius 3 is 2.74 bits per heavy atom. The number of nitrogens with zero attached hydrogens (tertiary/aromatic N) is 4. The molecular weight excluding hydrogens is 410 g/mol. The third-order valence-corrected chi connectivity index (χ3v) is 3.17. The van der Waals surface area contributed by atoms with Crippen molar-refractivity contribution < 1.29 is 4.39 Å². The molecule has 0 amide bonds. The number of rotatable bonds is 6. The number of benzene rings is 1. The first kappa shape index (κ1) is 19.3. The van der Waals surface area contributed by atoms with Crippen LogP contribution in [0, 0.1) is 5.82 Å². The minimum Gasteiger partial charge on any atom is -0.357 e. The van der Waals surface area contributed by atoms with Crippen LogP contribution >= 0.6 is 24.0 Å². The average molecular weight is 432 g/mol. The molecule has 1 heterocycles. The van der Waals surface area contributed by atoms with Crippen LogP contribution in [0.4, 0.5) is 4.39 Å². The molecule has 1 aromatic carbocycles. The number of nitrogens with one attached hydrogen (secondary N) is 2. The van der Waals surface area contributed by atoms with Gasteiger partial charge in [-0.1, -0.05) is 18.2 Å². The van der Waals surface area contributed by atoms with E-state index < -0.39 is 0 Å². The van der Waals surface area contributed by atoms with Crippen LogP contribution in [-0.2, 0) is 20.0 Å². The molecule has 0 aliphatic rings. The van der Waals surface area contributed by atoms with E-state index in [-0.39, 0.29) is 29.8 Å². The predicted molar refractivity (Wildman–Crippen MR) is 99.3 cm³/mol. The Morgan fingerprint density at radius 1 is 1.30 bits per heavy atom. The maximum absolute atomic E-state index is 13.5. The maximum Gasteiger partial charge on any atom is 0.191 e. The highest BCUT2D eigenvalue weighted by molar-refractivity contribution is 14.0. The van der Waals surface area contributed by atoms with E-state index in [1.54, 1.807) is 18.5 Å². The molecule has 126 valence electrons. The molecule has 2 N–H and O–H groups in total. The molecule has 8 heteroatoms. The molecule has 0 atom stereocenters. The molecule has 6 nitrogen and oxygen atoms in total. The summed E-state index contributed by atoms with van der Waals surface area (Å²) in [5.74, 6) is 1.29. The lowest BCUT2D eigenvalue weighted by molar-refractivity contribution is 0.606. The van der Waals surface area contributed by atoms with Gasteiger partial charge in [-0.3, -0.25) is 0 Å². The quantitative estimate of drug-likeness (QED) is 0.416. The Labute approximate surface area is 152 Å². The molecule has 0 aliphatic carbocycles. The topological polar surface area (TPSA) is 67.1 Å². The number of guanidine groups is 1. The largest absolute Gasteiger partial charge is 0.357 e. The summed E-state index contributed by atoms with van der Waals surface area (Å²) in [6.45, 7) is 3.79. The summed E-state index contributed by atoms with van der Waals surface area (Å²) >= 11 is 0. The maximum atomic E-state index is 13.5. The van der Waals surface area contributed by atoms with Gasteiger partial charge >= 0.3 is 0 Å². The van der Waals surface area contributed by atoms with Gasteiger partial charge in [0.25, 0.3) is 0 Å². The zero-order valence-electron chi connectivity index (χ0n) is 13.3. The Bertz CT molecular complexity index is 628. The van der Waals surface area contributed by atoms with Crippen molar-refractivity contribution in [3.8, 4) is 0 Å². The van der Waals surface area contributed by atoms with Gasteiger partial charge in [-0.05, 0) is 25.0 Å². The fraction of sp³-hybridized carbons (Fsp3) is 0.400. The monoisotopic (exact) mass is 432 g/mol. The summed E-state index contributed by atoms with van der Waals surface area (Å²) in [6, 6.07) is 6.80. The molecule has 0 fully saturated rings. The van der Waals surface area contributed by atoms with Crippen molar-refractivity contribution in [1.82, 2.24) is 25.4 Å². The lowest BCUT2D eigenvalue weighted by Crippen LogP contribution is -2.38. The third-order valence-electron chi connectivity index (χ3n) is 3.17. The van der Waals surface area contributed by atoms with E-state index in [2.05, 4.69) is 25.8 Å². The van der Waals surface area contributed by atoms with E-state index >= 15 is 0 Å². The fourth-order valence-corrected chi connectivity index (χ4v) is 1.96. The molecule has 1 aromatic heterocycles. The third kappa shape index (κ3) is 6.12. The van der Waals surface area contributed by atoms with Gasteiger partial charge in [-0.15, -0.1) is 34.2 Å². The van der Waals surface area contributed by atoms with Crippen molar-refractivity contribution in [2.45, 2.75) is 19.9 Å². The lowest BCUT2D eigenvalue weighted by Gasteiger charge is -2.11. The number of hydrogen-bond donors (Lipinski definition) is 2. The summed E-state index contributed by atoms with van der Waals surface area (Å²) in [7, 11) is 1.88. The summed E-state index contributed by atoms with van der Waals surface area (Å²) in [5.41, 5.74) is 0.694. The molecular formula is C15H22FIN6. The second-order valence-electron chi connectivity index (χ2n) is 4.82. The van der Waals surface area contributed by atoms with Crippen LogP contribution in [-0.4, -0.2) is 33.8 Å². The molecule has 2 rings (SSSR count). The van der Waals surface area contributed by atoms with Crippen molar-refractivity contribution >= 4 is 29.9 Å². The molecule has 0 saturated heterocycles. The number of aryl methyl sites for hydroxylation is 1. The van der Waals surface area contributed by atoms with Gasteiger partial charge in [0, 0.05) is 20.1 Å². The van der Waals surface area contributed by atoms with Gasteiger partial charge in [0.15, 0.2) is 11.8 Å². The fourth-order valence-electron chi connectivity index (χ4n) is 1.96. The van der Waals surface area contributed by atoms with Gasteiger partial charge in [0.05, 0.1) is 0 Å². The highest BCUT2D eigenvalue weighted by atomic mass is 127. The Hall–Kier alpha value is -1.71. The Kier molecular flexibility index (Phi) is 8.52. The van der Waals surface area contributed by atoms with E-state index in [9.17, 15) is 4.39 Å². The normalized spacial score (nSPS) is 11.0. The van der Waals surface area contributed by atoms with Crippen LogP contribution in [0.15, 0.2) is 35.6 Å². The first-order chi connectivity index (χ1) is 10.7. The standard InChI is InChI=1S/C15H21FN6.HI/c1-3-17-15(19-10-14-21-20-11-22(14)2)18-9-8-12-6-4-5-7-13(12)16;/h4-7,11H,3,8-10H2,1-2H3,(H2,17,18,19);1H. The molecule has 2 aromatic rings. The van der Waals surface area contributed by atoms with Crippen LogP contribution in [0.1, 0.15) is 18.3 Å². The number of hydrogen-bond acceptors (Lipinski definition) is 3. The molecule has 23 heavy (non-hydrogen) atoms. The molecule has 0 aliphatic heterocycles. The van der Waals surface area contributed by atoms with Gasteiger partial charge in [0.1, 0.15) is 18.7 Å². The zero-order valence-corrected chi connectivity index (χ0v) is 15.6. The summed E-state index contributed by atoms with van der Waals surface area (Å²) in [5, 5.41) is 14.2. The predicted octanol–water partition coefficient (Wildman–Crippen LogP) is 1.87. The number of halogens is 2. The van der Waals surface area contributed by atoms with Crippen molar-refractivity contribution in [2.24, 2.45) is 12.0 Å². The SMILES string of the molecule is CCNC(=NCc1nncn1C)NCCc1ccccc1F.I. The minimum absolute atomic E-state index is 0. The van der Waals surface area contributed by atoms with Gasteiger partial charge in [-0.25, -0.2) is 9.38 Å². The van der Waals surface area contributed by atoms with Crippen molar-refractivity contribution in [2.75, 3.05) is 13.1 Å². The molecule has 0 spiro atoms. The molecule has 0 saturated carbocycles. The van der Waals surface area contributed by atoms with Crippen molar-refractivity contribution in [3.63, 3.8) is 0 Å². The van der Waals surface area contributed by atoms with Gasteiger partial charge in [-0.2, -0.15) is 0 Å². The molecule has 0 unspecified atom stereocenters. The Morgan fingerprint density at radius 2 is 2.09 bits per heavy atom. The second kappa shape index (κ2) is 10.1. The van der Waals surface area contributed by atoms with Crippen LogP contribution in [0.25, 0.3) is 0 Å². The van der Waals surface area contributed by atoms with Gasteiger partial charge < -0.3 is 15.2 Å². The van der Waals surface area contributed by atoms with Crippen LogP contribution in [0.5, 0.6) is 0 Å². The highest BCUT2D eigenvalue weighted by Gasteiger charge is 2.03. The Balaban J connectivity index is 0.00000264. The lowest BCUT2D eigenvalue weighted by atomic mass is 10.1. The van der Waals surface area contributed by atoms with Gasteiger partial charge in [0.2, 0.25) is 0 Å². The van der Waals surface area contributed by atoms with E-state index in [4.69, 9.17) is 0 Å². The van der Waals surface area contributed by atoms with E-state index in [1.165, 1.54) is 6.07 Å². The first-order valence-corrected chi connectivity index (χ1v) is 7.29. The average Bonchev–Trinajstić information content (AvgIpc) is 2.92. The second-order valence-corrected chi connectivity index (χ2v) is 4.82. The molecule has 0 bridgehead atoms. The van der Waals surface area contributed by atoms with E-state index in [0.29, 0.717) is 31.0 Å². The summed E-state index contributed by atoms with van der Waals surface area (Å²) in [4.78, 5) is 4.45. The van der Waals surface area contributed by atoms with Crippen LogP contribution in [0.3, 0.4) is 0 Å². The van der Waals surface area contributed by atoms with E-state index in [1.807, 2.05) is 24.6 Å². The zero-order chi connectivity index (χ0) is 15.8. The first-order valence-electron chi connectivity index (χ1n) is 7.29. The van der Waals surface area contributed by atoms with Crippen LogP contribution < -0.4 is 10.6 Å². The molecule has 0 radical (unpaired) electrons. The van der Waals surface area contributed by atoms with Crippen molar-refractivity contribution in [3.05, 3.63) is 47.8 Å². The van der Waals surface area contributed by atoms with Crippen molar-refractivity contribution in [1.29, 1.82) is 0 Å². The number of aliphatic imine (C=N–C) groups is 1. The smallest absolute Gasteiger partial charge is 0.191 e. The van der Waals surface area contributed by atoms with Crippen LogP contribution in [0.2, 0.25) is 0 Å². The minimum atomic E-state index is -0.176. The summed E-state index contributed by atoms with van der Waals surface area (Å²) < 4.78 is 15.4.